The Morgan fingerprint density at radius 2 is 1.58 bits per heavy atom. The summed E-state index contributed by atoms with van der Waals surface area (Å²) in [7, 11) is 0. The number of hydroxylamine groups is 1. The van der Waals surface area contributed by atoms with Gasteiger partial charge in [0.2, 0.25) is 11.8 Å². The molecule has 5 aliphatic carbocycles. The third-order valence-corrected chi connectivity index (χ3v) is 14.8. The van der Waals surface area contributed by atoms with E-state index in [-0.39, 0.29) is 56.8 Å². The monoisotopic (exact) mass is 616 g/mol. The van der Waals surface area contributed by atoms with Crippen LogP contribution in [0.1, 0.15) is 119 Å². The summed E-state index contributed by atoms with van der Waals surface area (Å²) in [6.07, 6.45) is 10.8. The van der Waals surface area contributed by atoms with Crippen LogP contribution in [0.5, 0.6) is 0 Å². The highest BCUT2D eigenvalue weighted by atomic mass is 16.6. The van der Waals surface area contributed by atoms with Crippen LogP contribution < -0.4 is 10.8 Å². The van der Waals surface area contributed by atoms with Crippen molar-refractivity contribution >= 4 is 17.6 Å². The molecule has 0 radical (unpaired) electrons. The molecule has 246 valence electrons. The molecule has 0 aromatic heterocycles. The zero-order chi connectivity index (χ0) is 32.6. The van der Waals surface area contributed by atoms with Crippen molar-refractivity contribution < 1.29 is 19.2 Å². The number of nitrogens with one attached hydrogen (secondary N) is 2. The number of benzene rings is 1. The molecule has 0 bridgehead atoms. The summed E-state index contributed by atoms with van der Waals surface area (Å²) in [5.41, 5.74) is 4.21. The molecule has 9 atom stereocenters. The van der Waals surface area contributed by atoms with E-state index in [1.54, 1.807) is 6.92 Å². The van der Waals surface area contributed by atoms with Crippen LogP contribution in [0.15, 0.2) is 42.0 Å². The topological polar surface area (TPSA) is 84.5 Å². The second kappa shape index (κ2) is 10.8. The van der Waals surface area contributed by atoms with E-state index in [2.05, 4.69) is 65.3 Å². The largest absolute Gasteiger partial charge is 0.353 e. The molecule has 0 spiro atoms. The number of hydrogen-bond acceptors (Lipinski definition) is 4. The van der Waals surface area contributed by atoms with Gasteiger partial charge in [0, 0.05) is 24.3 Å². The minimum Gasteiger partial charge on any atom is -0.353 e. The summed E-state index contributed by atoms with van der Waals surface area (Å²) in [6.45, 7) is 18.4. The van der Waals surface area contributed by atoms with Gasteiger partial charge in [0.25, 0.3) is 0 Å². The molecule has 2 amide bonds. The van der Waals surface area contributed by atoms with Gasteiger partial charge in [-0.2, -0.15) is 0 Å². The predicted octanol–water partition coefficient (Wildman–Crippen LogP) is 7.72. The number of amides is 2. The zero-order valence-corrected chi connectivity index (χ0v) is 29.0. The fourth-order valence-electron chi connectivity index (χ4n) is 11.8. The first-order chi connectivity index (χ1) is 21.0. The Morgan fingerprint density at radius 1 is 0.889 bits per heavy atom. The van der Waals surface area contributed by atoms with E-state index >= 15 is 0 Å². The van der Waals surface area contributed by atoms with E-state index in [1.807, 2.05) is 30.3 Å². The minimum atomic E-state index is -0.559. The molecule has 1 unspecified atom stereocenters. The Kier molecular flexibility index (Phi) is 7.78. The van der Waals surface area contributed by atoms with E-state index in [0.717, 1.165) is 63.4 Å². The Bertz CT molecular complexity index is 1400. The summed E-state index contributed by atoms with van der Waals surface area (Å²) in [5, 5.41) is 3.26. The van der Waals surface area contributed by atoms with Crippen LogP contribution in [-0.4, -0.2) is 23.6 Å². The van der Waals surface area contributed by atoms with Gasteiger partial charge >= 0.3 is 0 Å². The number of allylic oxidation sites excluding steroid dienone is 2. The maximum absolute atomic E-state index is 14.7. The molecule has 6 nitrogen and oxygen atoms in total. The van der Waals surface area contributed by atoms with E-state index in [0.29, 0.717) is 18.3 Å². The minimum absolute atomic E-state index is 0.0346. The fourth-order valence-corrected chi connectivity index (χ4v) is 11.8. The maximum atomic E-state index is 14.7. The predicted molar refractivity (Wildman–Crippen MR) is 176 cm³/mol. The Hall–Kier alpha value is -2.47. The van der Waals surface area contributed by atoms with Gasteiger partial charge in [-0.3, -0.25) is 19.2 Å². The number of carbonyl (C=O) groups excluding carboxylic acids is 3. The lowest BCUT2D eigenvalue weighted by Crippen LogP contribution is -2.67. The summed E-state index contributed by atoms with van der Waals surface area (Å²) < 4.78 is 0. The first-order valence-electron chi connectivity index (χ1n) is 17.5. The van der Waals surface area contributed by atoms with Crippen molar-refractivity contribution in [3.8, 4) is 0 Å². The third-order valence-electron chi connectivity index (χ3n) is 14.8. The summed E-state index contributed by atoms with van der Waals surface area (Å²) >= 11 is 0. The van der Waals surface area contributed by atoms with Crippen molar-refractivity contribution in [1.29, 1.82) is 0 Å². The van der Waals surface area contributed by atoms with Crippen molar-refractivity contribution in [2.24, 2.45) is 50.2 Å². The summed E-state index contributed by atoms with van der Waals surface area (Å²) in [6, 6.07) is 10.0. The van der Waals surface area contributed by atoms with E-state index in [9.17, 15) is 14.4 Å². The van der Waals surface area contributed by atoms with Crippen molar-refractivity contribution in [2.45, 2.75) is 126 Å². The smallest absolute Gasteiger partial charge is 0.249 e. The molecule has 5 aliphatic rings. The molecule has 6 heteroatoms. The second-order valence-corrected chi connectivity index (χ2v) is 17.6. The van der Waals surface area contributed by atoms with Gasteiger partial charge in [0.05, 0.1) is 6.61 Å². The molecule has 0 heterocycles. The van der Waals surface area contributed by atoms with Gasteiger partial charge < -0.3 is 5.32 Å². The van der Waals surface area contributed by atoms with Gasteiger partial charge in [0.15, 0.2) is 5.78 Å². The van der Waals surface area contributed by atoms with Crippen molar-refractivity contribution in [1.82, 2.24) is 10.8 Å². The average Bonchev–Trinajstić information content (AvgIpc) is 2.97. The van der Waals surface area contributed by atoms with Crippen LogP contribution in [0.4, 0.5) is 0 Å². The van der Waals surface area contributed by atoms with Gasteiger partial charge in [0.1, 0.15) is 0 Å². The molecular weight excluding hydrogens is 560 g/mol. The lowest BCUT2D eigenvalue weighted by Gasteiger charge is -2.70. The Balaban J connectivity index is 1.29. The Morgan fingerprint density at radius 3 is 2.27 bits per heavy atom. The van der Waals surface area contributed by atoms with Gasteiger partial charge in [-0.1, -0.05) is 84.4 Å². The average molecular weight is 617 g/mol. The maximum Gasteiger partial charge on any atom is 0.249 e. The highest BCUT2D eigenvalue weighted by Crippen LogP contribution is 2.75. The second-order valence-electron chi connectivity index (χ2n) is 17.6. The molecule has 4 saturated carbocycles. The number of rotatable bonds is 5. The highest BCUT2D eigenvalue weighted by Gasteiger charge is 2.70. The zero-order valence-electron chi connectivity index (χ0n) is 29.0. The highest BCUT2D eigenvalue weighted by molar-refractivity contribution is 5.95. The molecule has 0 aliphatic heterocycles. The molecule has 6 rings (SSSR count). The third kappa shape index (κ3) is 4.86. The number of ketones is 1. The van der Waals surface area contributed by atoms with Crippen LogP contribution in [0, 0.1) is 50.2 Å². The van der Waals surface area contributed by atoms with Gasteiger partial charge in [-0.05, 0) is 108 Å². The van der Waals surface area contributed by atoms with Crippen molar-refractivity contribution in [2.75, 3.05) is 0 Å². The van der Waals surface area contributed by atoms with Crippen molar-refractivity contribution in [3.05, 3.63) is 47.5 Å². The SMILES string of the molecule is CC(=O)N[C@@H]1CC[C@@]2(C)C(CC[C@]3(C)[C@@H]2C(=O)C=C2[C@@H]4C[C@@](C)(C(=O)NOCc5ccccc5)CC[C@]4(C)CC[C@]23C)C1(C)C. The fraction of sp³-hybridized carbons (Fsp3) is 0.718. The first kappa shape index (κ1) is 32.5. The quantitative estimate of drug-likeness (QED) is 0.332. The van der Waals surface area contributed by atoms with E-state index < -0.39 is 5.41 Å². The summed E-state index contributed by atoms with van der Waals surface area (Å²) in [5.74, 6) is 0.803. The molecule has 1 aromatic rings. The Labute approximate surface area is 270 Å². The van der Waals surface area contributed by atoms with E-state index in [1.165, 1.54) is 5.57 Å². The van der Waals surface area contributed by atoms with Crippen LogP contribution in [0.3, 0.4) is 0 Å². The number of hydrogen-bond donors (Lipinski definition) is 2. The number of carbonyl (C=O) groups is 3. The molecule has 2 N–H and O–H groups in total. The molecule has 45 heavy (non-hydrogen) atoms. The van der Waals surface area contributed by atoms with Crippen LogP contribution >= 0.6 is 0 Å². The van der Waals surface area contributed by atoms with Crippen LogP contribution in [0.25, 0.3) is 0 Å². The van der Waals surface area contributed by atoms with Crippen LogP contribution in [0.2, 0.25) is 0 Å². The standard InChI is InChI=1S/C39H56N2O4/c1-25(42)40-31-15-16-37(6)30(34(31,2)3)14-17-39(8)32(37)29(43)22-27-28-23-36(5,19-18-35(28,4)20-21-38(27,39)7)33(44)41-45-24-26-12-10-9-11-13-26/h9-13,22,28,30-32H,14-21,23-24H2,1-8H3,(H,40,42)(H,41,44)/t28-,30?,31+,32+,35+,36-,37-,38+,39+/m0/s1. The lowest BCUT2D eigenvalue weighted by molar-refractivity contribution is -0.189. The van der Waals surface area contributed by atoms with Gasteiger partial charge in [-0.25, -0.2) is 5.48 Å². The first-order valence-corrected chi connectivity index (χ1v) is 17.5. The van der Waals surface area contributed by atoms with Crippen LogP contribution in [-0.2, 0) is 25.8 Å². The normalized spacial score (nSPS) is 43.5. The molecule has 0 saturated heterocycles. The molecule has 4 fully saturated rings. The van der Waals surface area contributed by atoms with Gasteiger partial charge in [-0.15, -0.1) is 0 Å². The molecule has 1 aromatic carbocycles. The summed E-state index contributed by atoms with van der Waals surface area (Å²) in [4.78, 5) is 46.2. The van der Waals surface area contributed by atoms with Crippen molar-refractivity contribution in [3.63, 3.8) is 0 Å². The lowest BCUT2D eigenvalue weighted by atomic mass is 9.33. The molecular formula is C39H56N2O4. The number of fused-ring (bicyclic) bond motifs is 7. The van der Waals surface area contributed by atoms with E-state index in [4.69, 9.17) is 4.84 Å².